The van der Waals surface area contributed by atoms with E-state index in [9.17, 15) is 13.2 Å². The van der Waals surface area contributed by atoms with E-state index in [0.29, 0.717) is 37.8 Å². The molecule has 8 nitrogen and oxygen atoms in total. The number of fused-ring (bicyclic) bond motifs is 1. The lowest BCUT2D eigenvalue weighted by Crippen LogP contribution is -2.53. The average molecular weight is 365 g/mol. The minimum Gasteiger partial charge on any atom is -0.486 e. The number of nitrogens with zero attached hydrogens (tertiary/aromatic N) is 2. The monoisotopic (exact) mass is 365 g/mol. The normalized spacial score (nSPS) is 17.6. The lowest BCUT2D eigenvalue weighted by atomic mass is 10.3. The van der Waals surface area contributed by atoms with Gasteiger partial charge in [-0.25, -0.2) is 13.2 Å². The number of hydrogen-bond donors (Lipinski definition) is 1. The summed E-state index contributed by atoms with van der Waals surface area (Å²) in [5.74, 6) is 3.30. The third kappa shape index (κ3) is 3.65. The summed E-state index contributed by atoms with van der Waals surface area (Å²) in [5.41, 5.74) is 0. The third-order valence-corrected chi connectivity index (χ3v) is 5.91. The van der Waals surface area contributed by atoms with E-state index in [1.54, 1.807) is 11.0 Å². The second-order valence-corrected chi connectivity index (χ2v) is 7.50. The molecule has 0 aliphatic carbocycles. The largest absolute Gasteiger partial charge is 0.486 e. The first-order valence-electron chi connectivity index (χ1n) is 7.88. The topological polar surface area (TPSA) is 88.2 Å². The molecule has 25 heavy (non-hydrogen) atoms. The van der Waals surface area contributed by atoms with Crippen LogP contribution in [0.4, 0.5) is 4.79 Å². The summed E-state index contributed by atoms with van der Waals surface area (Å²) >= 11 is 0. The summed E-state index contributed by atoms with van der Waals surface area (Å²) in [7, 11) is -3.65. The van der Waals surface area contributed by atoms with Crippen LogP contribution in [0.5, 0.6) is 11.5 Å². The fourth-order valence-electron chi connectivity index (χ4n) is 2.70. The summed E-state index contributed by atoms with van der Waals surface area (Å²) in [6.45, 7) is 2.04. The number of urea groups is 1. The van der Waals surface area contributed by atoms with Crippen LogP contribution in [0.25, 0.3) is 0 Å². The Kier molecular flexibility index (Phi) is 5.01. The highest BCUT2D eigenvalue weighted by molar-refractivity contribution is 7.89. The van der Waals surface area contributed by atoms with E-state index in [-0.39, 0.29) is 30.6 Å². The van der Waals surface area contributed by atoms with Crippen LogP contribution >= 0.6 is 0 Å². The van der Waals surface area contributed by atoms with Crippen molar-refractivity contribution in [1.82, 2.24) is 14.5 Å². The molecule has 1 saturated heterocycles. The standard InChI is InChI=1S/C16H19N3O5S/c1-2-5-17-16(20)18-6-8-19(9-7-18)25(21,22)13-3-4-14-15(12-13)24-11-10-23-14/h1,3-4,12H,5-11H2,(H,17,20). The number of amides is 2. The van der Waals surface area contributed by atoms with E-state index in [0.717, 1.165) is 0 Å². The molecule has 0 aromatic heterocycles. The van der Waals surface area contributed by atoms with Crippen molar-refractivity contribution in [2.75, 3.05) is 45.9 Å². The van der Waals surface area contributed by atoms with Crippen molar-refractivity contribution in [2.24, 2.45) is 0 Å². The maximum Gasteiger partial charge on any atom is 0.318 e. The zero-order valence-corrected chi connectivity index (χ0v) is 14.4. The first kappa shape index (κ1) is 17.4. The summed E-state index contributed by atoms with van der Waals surface area (Å²) in [6.07, 6.45) is 5.11. The van der Waals surface area contributed by atoms with Crippen molar-refractivity contribution < 1.29 is 22.7 Å². The average Bonchev–Trinajstić information content (AvgIpc) is 2.65. The minimum atomic E-state index is -3.65. The summed E-state index contributed by atoms with van der Waals surface area (Å²) < 4.78 is 37.8. The Labute approximate surface area is 146 Å². The van der Waals surface area contributed by atoms with Crippen LogP contribution in [-0.4, -0.2) is 69.6 Å². The van der Waals surface area contributed by atoms with Crippen LogP contribution < -0.4 is 14.8 Å². The van der Waals surface area contributed by atoms with Gasteiger partial charge in [-0.05, 0) is 12.1 Å². The van der Waals surface area contributed by atoms with Crippen LogP contribution in [0, 0.1) is 12.3 Å². The lowest BCUT2D eigenvalue weighted by molar-refractivity contribution is 0.170. The number of piperazine rings is 1. The van der Waals surface area contributed by atoms with Crippen molar-refractivity contribution in [3.8, 4) is 23.8 Å². The number of ether oxygens (including phenoxy) is 2. The molecule has 1 N–H and O–H groups in total. The molecule has 0 unspecified atom stereocenters. The Balaban J connectivity index is 1.68. The zero-order valence-electron chi connectivity index (χ0n) is 13.6. The zero-order chi connectivity index (χ0) is 17.9. The van der Waals surface area contributed by atoms with Gasteiger partial charge in [0.15, 0.2) is 11.5 Å². The molecule has 1 aromatic carbocycles. The molecule has 134 valence electrons. The molecule has 0 bridgehead atoms. The van der Waals surface area contributed by atoms with E-state index < -0.39 is 10.0 Å². The molecule has 1 fully saturated rings. The van der Waals surface area contributed by atoms with Crippen LogP contribution in [0.2, 0.25) is 0 Å². The van der Waals surface area contributed by atoms with Crippen molar-refractivity contribution >= 4 is 16.1 Å². The summed E-state index contributed by atoms with van der Waals surface area (Å²) in [5, 5.41) is 2.57. The van der Waals surface area contributed by atoms with Crippen LogP contribution in [0.15, 0.2) is 23.1 Å². The maximum atomic E-state index is 12.8. The minimum absolute atomic E-state index is 0.147. The highest BCUT2D eigenvalue weighted by Crippen LogP contribution is 2.33. The number of sulfonamides is 1. The first-order valence-corrected chi connectivity index (χ1v) is 9.32. The molecular formula is C16H19N3O5S. The fraction of sp³-hybridized carbons (Fsp3) is 0.438. The van der Waals surface area contributed by atoms with Crippen molar-refractivity contribution in [3.63, 3.8) is 0 Å². The molecular weight excluding hydrogens is 346 g/mol. The molecule has 0 saturated carbocycles. The highest BCUT2D eigenvalue weighted by Gasteiger charge is 2.31. The summed E-state index contributed by atoms with van der Waals surface area (Å²) in [6, 6.07) is 4.31. The quantitative estimate of drug-likeness (QED) is 0.768. The number of benzene rings is 1. The van der Waals surface area contributed by atoms with Gasteiger partial charge in [0.05, 0.1) is 11.4 Å². The molecule has 0 radical (unpaired) electrons. The van der Waals surface area contributed by atoms with Gasteiger partial charge in [0.25, 0.3) is 0 Å². The van der Waals surface area contributed by atoms with Gasteiger partial charge in [-0.3, -0.25) is 0 Å². The Bertz CT molecular complexity index is 794. The van der Waals surface area contributed by atoms with Crippen molar-refractivity contribution in [2.45, 2.75) is 4.90 Å². The van der Waals surface area contributed by atoms with Crippen LogP contribution in [0.1, 0.15) is 0 Å². The van der Waals surface area contributed by atoms with Crippen molar-refractivity contribution in [3.05, 3.63) is 18.2 Å². The van der Waals surface area contributed by atoms with Gasteiger partial charge in [0.2, 0.25) is 10.0 Å². The van der Waals surface area contributed by atoms with Gasteiger partial charge >= 0.3 is 6.03 Å². The van der Waals surface area contributed by atoms with E-state index in [4.69, 9.17) is 15.9 Å². The Morgan fingerprint density at radius 2 is 1.84 bits per heavy atom. The Morgan fingerprint density at radius 3 is 2.52 bits per heavy atom. The second kappa shape index (κ2) is 7.21. The third-order valence-electron chi connectivity index (χ3n) is 4.02. The lowest BCUT2D eigenvalue weighted by Gasteiger charge is -2.34. The molecule has 1 aromatic rings. The summed E-state index contributed by atoms with van der Waals surface area (Å²) in [4.78, 5) is 13.6. The van der Waals surface area contributed by atoms with E-state index in [2.05, 4.69) is 11.2 Å². The maximum absolute atomic E-state index is 12.8. The van der Waals surface area contributed by atoms with Gasteiger partial charge in [0, 0.05) is 32.2 Å². The number of hydrogen-bond acceptors (Lipinski definition) is 5. The fourth-order valence-corrected chi connectivity index (χ4v) is 4.14. The van der Waals surface area contributed by atoms with Crippen molar-refractivity contribution in [1.29, 1.82) is 0 Å². The highest BCUT2D eigenvalue weighted by atomic mass is 32.2. The molecule has 2 aliphatic heterocycles. The first-order chi connectivity index (χ1) is 12.0. The Morgan fingerprint density at radius 1 is 1.16 bits per heavy atom. The molecule has 0 atom stereocenters. The predicted octanol–water partition coefficient (Wildman–Crippen LogP) is 0.107. The van der Waals surface area contributed by atoms with Crippen LogP contribution in [-0.2, 0) is 10.0 Å². The molecule has 2 aliphatic rings. The molecule has 0 spiro atoms. The van der Waals surface area contributed by atoms with E-state index >= 15 is 0 Å². The number of nitrogens with one attached hydrogen (secondary N) is 1. The predicted molar refractivity (Wildman–Crippen MR) is 90.0 cm³/mol. The van der Waals surface area contributed by atoms with E-state index in [1.165, 1.54) is 16.4 Å². The van der Waals surface area contributed by atoms with E-state index in [1.807, 2.05) is 0 Å². The smallest absolute Gasteiger partial charge is 0.318 e. The van der Waals surface area contributed by atoms with Gasteiger partial charge in [-0.15, -0.1) is 6.42 Å². The number of terminal acetylenes is 1. The molecule has 9 heteroatoms. The SMILES string of the molecule is C#CCNC(=O)N1CCN(S(=O)(=O)c2ccc3c(c2)OCCO3)CC1. The van der Waals surface area contributed by atoms with Gasteiger partial charge in [-0.2, -0.15) is 4.31 Å². The Hall–Kier alpha value is -2.44. The molecule has 2 amide bonds. The number of carbonyl (C=O) groups excluding carboxylic acids is 1. The second-order valence-electron chi connectivity index (χ2n) is 5.56. The van der Waals surface area contributed by atoms with Gasteiger partial charge in [-0.1, -0.05) is 5.92 Å². The van der Waals surface area contributed by atoms with Gasteiger partial charge in [0.1, 0.15) is 13.2 Å². The van der Waals surface area contributed by atoms with Gasteiger partial charge < -0.3 is 19.7 Å². The van der Waals surface area contributed by atoms with Crippen LogP contribution in [0.3, 0.4) is 0 Å². The molecule has 3 rings (SSSR count). The number of rotatable bonds is 3. The molecule has 2 heterocycles. The number of carbonyl (C=O) groups is 1.